The summed E-state index contributed by atoms with van der Waals surface area (Å²) in [4.78, 5) is 19.1. The highest BCUT2D eigenvalue weighted by atomic mass is 31.2. The number of hydrogen-bond acceptors (Lipinski definition) is 2. The van der Waals surface area contributed by atoms with E-state index in [9.17, 15) is 19.5 Å². The van der Waals surface area contributed by atoms with E-state index < -0.39 is 12.9 Å². The van der Waals surface area contributed by atoms with Crippen LogP contribution in [-0.2, 0) is 4.57 Å². The Morgan fingerprint density at radius 3 is 1.50 bits per heavy atom. The topological polar surface area (TPSA) is 77.8 Å². The lowest BCUT2D eigenvalue weighted by Crippen LogP contribution is -2.49. The fraction of sp³-hybridized carbons (Fsp3) is 0.833. The second-order valence-electron chi connectivity index (χ2n) is 9.65. The van der Waals surface area contributed by atoms with Crippen molar-refractivity contribution in [2.75, 3.05) is 27.7 Å². The van der Waals surface area contributed by atoms with Crippen LogP contribution in [0.2, 0.25) is 0 Å². The predicted octanol–water partition coefficient (Wildman–Crippen LogP) is 6.15. The first-order valence-electron chi connectivity index (χ1n) is 11.9. The van der Waals surface area contributed by atoms with Gasteiger partial charge in [-0.15, -0.1) is 0 Å². The lowest BCUT2D eigenvalue weighted by molar-refractivity contribution is -0.875. The van der Waals surface area contributed by atoms with Gasteiger partial charge in [-0.05, 0) is 57.8 Å². The van der Waals surface area contributed by atoms with Crippen LogP contribution in [0.1, 0.15) is 96.8 Å². The van der Waals surface area contributed by atoms with Crippen molar-refractivity contribution in [1.29, 1.82) is 0 Å². The van der Waals surface area contributed by atoms with Gasteiger partial charge in [-0.25, -0.2) is 0 Å². The average molecular weight is 447 g/mol. The summed E-state index contributed by atoms with van der Waals surface area (Å²) in [6, 6.07) is 0. The van der Waals surface area contributed by atoms with Gasteiger partial charge in [0, 0.05) is 0 Å². The largest absolute Gasteiger partial charge is 0.373 e. The van der Waals surface area contributed by atoms with Gasteiger partial charge in [0.25, 0.3) is 0 Å². The smallest absolute Gasteiger partial charge is 0.362 e. The number of hydrogen-bond donors (Lipinski definition) is 3. The number of rotatable bonds is 19. The van der Waals surface area contributed by atoms with Crippen molar-refractivity contribution in [3.05, 3.63) is 24.3 Å². The number of quaternary nitrogens is 1. The minimum absolute atomic E-state index is 0.0512. The van der Waals surface area contributed by atoms with Crippen LogP contribution in [0.15, 0.2) is 24.3 Å². The number of nitrogens with zero attached hydrogens (tertiary/aromatic N) is 1. The third-order valence-electron chi connectivity index (χ3n) is 5.25. The molecule has 5 nitrogen and oxygen atoms in total. The van der Waals surface area contributed by atoms with Gasteiger partial charge < -0.3 is 19.4 Å². The molecule has 178 valence electrons. The highest BCUT2D eigenvalue weighted by Crippen LogP contribution is 2.52. The molecule has 0 aliphatic heterocycles. The van der Waals surface area contributed by atoms with E-state index in [4.69, 9.17) is 0 Å². The van der Waals surface area contributed by atoms with Gasteiger partial charge in [0.2, 0.25) is 5.34 Å². The first-order valence-corrected chi connectivity index (χ1v) is 13.5. The van der Waals surface area contributed by atoms with Gasteiger partial charge in [0.1, 0.15) is 6.54 Å². The quantitative estimate of drug-likeness (QED) is 0.0962. The van der Waals surface area contributed by atoms with E-state index in [0.29, 0.717) is 10.9 Å². The van der Waals surface area contributed by atoms with Gasteiger partial charge in [-0.3, -0.25) is 4.57 Å². The molecule has 0 heterocycles. The lowest BCUT2D eigenvalue weighted by atomic mass is 10.1. The molecule has 0 saturated carbocycles. The van der Waals surface area contributed by atoms with E-state index in [2.05, 4.69) is 31.2 Å². The Morgan fingerprint density at radius 1 is 0.733 bits per heavy atom. The minimum Gasteiger partial charge on any atom is -0.373 e. The third-order valence-corrected chi connectivity index (χ3v) is 6.70. The first kappa shape index (κ1) is 29.5. The van der Waals surface area contributed by atoms with Gasteiger partial charge >= 0.3 is 7.60 Å². The zero-order valence-electron chi connectivity index (χ0n) is 20.1. The Kier molecular flexibility index (Phi) is 16.0. The minimum atomic E-state index is -4.55. The van der Waals surface area contributed by atoms with Crippen LogP contribution >= 0.6 is 7.60 Å². The summed E-state index contributed by atoms with van der Waals surface area (Å²) in [6.45, 7) is 2.26. The summed E-state index contributed by atoms with van der Waals surface area (Å²) >= 11 is 0. The summed E-state index contributed by atoms with van der Waals surface area (Å²) in [5.74, 6) is 0. The molecular weight excluding hydrogens is 397 g/mol. The van der Waals surface area contributed by atoms with Gasteiger partial charge in [0.05, 0.1) is 21.1 Å². The normalized spacial score (nSPS) is 15.3. The van der Waals surface area contributed by atoms with Crippen LogP contribution < -0.4 is 0 Å². The SMILES string of the molecule is CCC/C=C\CCCCCC/C=C\CCCCCCC(O)(C[N+](C)(C)C)P(=O)(O)O. The van der Waals surface area contributed by atoms with Crippen molar-refractivity contribution in [1.82, 2.24) is 0 Å². The number of allylic oxidation sites excluding steroid dienone is 4. The second-order valence-corrected chi connectivity index (χ2v) is 11.6. The van der Waals surface area contributed by atoms with E-state index >= 15 is 0 Å². The second kappa shape index (κ2) is 16.2. The van der Waals surface area contributed by atoms with E-state index in [0.717, 1.165) is 32.1 Å². The Labute approximate surface area is 186 Å². The highest BCUT2D eigenvalue weighted by Gasteiger charge is 2.48. The molecule has 0 aliphatic carbocycles. The fourth-order valence-corrected chi connectivity index (χ4v) is 4.67. The Morgan fingerprint density at radius 2 is 1.13 bits per heavy atom. The fourth-order valence-electron chi connectivity index (χ4n) is 3.62. The average Bonchev–Trinajstić information content (AvgIpc) is 2.62. The maximum Gasteiger partial charge on any atom is 0.362 e. The molecule has 0 aromatic carbocycles. The van der Waals surface area contributed by atoms with Crippen LogP contribution in [0.5, 0.6) is 0 Å². The molecular formula is C24H49NO4P+. The van der Waals surface area contributed by atoms with Crippen LogP contribution in [-0.4, -0.2) is 52.4 Å². The molecule has 0 rings (SSSR count). The monoisotopic (exact) mass is 446 g/mol. The molecule has 0 aliphatic rings. The summed E-state index contributed by atoms with van der Waals surface area (Å²) in [7, 11) is 0.947. The number of aliphatic hydroxyl groups is 1. The number of likely N-dealkylation sites (N-methyl/N-ethyl adjacent to an activating group) is 1. The molecule has 3 N–H and O–H groups in total. The first-order chi connectivity index (χ1) is 14.0. The summed E-state index contributed by atoms with van der Waals surface area (Å²) < 4.78 is 12.1. The predicted molar refractivity (Wildman–Crippen MR) is 128 cm³/mol. The summed E-state index contributed by atoms with van der Waals surface area (Å²) in [5.41, 5.74) is 0. The molecule has 6 heteroatoms. The van der Waals surface area contributed by atoms with E-state index in [1.54, 1.807) is 0 Å². The van der Waals surface area contributed by atoms with Crippen LogP contribution in [0.3, 0.4) is 0 Å². The van der Waals surface area contributed by atoms with Crippen molar-refractivity contribution >= 4 is 7.60 Å². The molecule has 0 fully saturated rings. The van der Waals surface area contributed by atoms with Crippen molar-refractivity contribution in [3.63, 3.8) is 0 Å². The molecule has 0 bridgehead atoms. The highest BCUT2D eigenvalue weighted by molar-refractivity contribution is 7.53. The van der Waals surface area contributed by atoms with E-state index in [-0.39, 0.29) is 13.0 Å². The van der Waals surface area contributed by atoms with E-state index in [1.807, 2.05) is 21.1 Å². The molecule has 30 heavy (non-hydrogen) atoms. The summed E-state index contributed by atoms with van der Waals surface area (Å²) in [6.07, 6.45) is 24.0. The zero-order valence-corrected chi connectivity index (χ0v) is 21.0. The van der Waals surface area contributed by atoms with Crippen molar-refractivity contribution in [2.24, 2.45) is 0 Å². The molecule has 1 unspecified atom stereocenters. The molecule has 0 amide bonds. The Hall–Kier alpha value is -0.450. The maximum absolute atomic E-state index is 11.8. The van der Waals surface area contributed by atoms with Gasteiger partial charge in [-0.1, -0.05) is 63.3 Å². The Balaban J connectivity index is 3.73. The molecule has 1 atom stereocenters. The van der Waals surface area contributed by atoms with Gasteiger partial charge in [0.15, 0.2) is 0 Å². The van der Waals surface area contributed by atoms with Crippen molar-refractivity contribution in [2.45, 2.75) is 102 Å². The van der Waals surface area contributed by atoms with Crippen LogP contribution in [0, 0.1) is 0 Å². The van der Waals surface area contributed by atoms with Crippen molar-refractivity contribution < 1.29 is 23.9 Å². The Bertz CT molecular complexity index is 522. The molecule has 0 radical (unpaired) electrons. The number of unbranched alkanes of at least 4 members (excludes halogenated alkanes) is 10. The zero-order chi connectivity index (χ0) is 22.9. The molecule has 0 saturated heterocycles. The van der Waals surface area contributed by atoms with Crippen LogP contribution in [0.4, 0.5) is 0 Å². The molecule has 0 aromatic heterocycles. The van der Waals surface area contributed by atoms with Crippen LogP contribution in [0.25, 0.3) is 0 Å². The van der Waals surface area contributed by atoms with Crippen molar-refractivity contribution in [3.8, 4) is 0 Å². The lowest BCUT2D eigenvalue weighted by Gasteiger charge is -2.35. The summed E-state index contributed by atoms with van der Waals surface area (Å²) in [5, 5.41) is 8.60. The third kappa shape index (κ3) is 16.3. The molecule has 0 spiro atoms. The van der Waals surface area contributed by atoms with E-state index in [1.165, 1.54) is 44.9 Å². The molecule has 0 aromatic rings. The maximum atomic E-state index is 11.8. The van der Waals surface area contributed by atoms with Gasteiger partial charge in [-0.2, -0.15) is 0 Å². The standard InChI is InChI=1S/C24H48NO4P/c1-5-6-7-8-9-10-11-12-13-14-15-16-17-18-19-20-21-22-24(26,30(27,28)29)23-25(2,3)4/h7-8,15-16,26H,5-6,9-14,17-23H2,1-4H3,(H-,27,28,29)/p+1/b8-7-,16-15-.